The molecule has 0 radical (unpaired) electrons. The predicted octanol–water partition coefficient (Wildman–Crippen LogP) is -3.52. The zero-order chi connectivity index (χ0) is 14.2. The molecule has 1 fully saturated rings. The third kappa shape index (κ3) is 2.11. The summed E-state index contributed by atoms with van der Waals surface area (Å²) in [5.41, 5.74) is 2.12. The number of hydrogen-bond donors (Lipinski definition) is 5. The van der Waals surface area contributed by atoms with Gasteiger partial charge in [-0.3, -0.25) is 14.3 Å². The number of nitrogens with one attached hydrogen (secondary N) is 1. The first-order valence-corrected chi connectivity index (χ1v) is 5.62. The third-order valence-corrected chi connectivity index (χ3v) is 3.26. The Labute approximate surface area is 106 Å². The molecule has 9 nitrogen and oxygen atoms in total. The molecule has 2 heterocycles. The molecule has 19 heavy (non-hydrogen) atoms. The fourth-order valence-electron chi connectivity index (χ4n) is 2.10. The quantitative estimate of drug-likeness (QED) is 0.383. The van der Waals surface area contributed by atoms with Crippen molar-refractivity contribution < 1.29 is 20.1 Å². The minimum atomic E-state index is -1.87. The van der Waals surface area contributed by atoms with Crippen LogP contribution in [0.15, 0.2) is 21.9 Å². The summed E-state index contributed by atoms with van der Waals surface area (Å²) in [6.07, 6.45) is -2.75. The molecule has 2 rings (SSSR count). The van der Waals surface area contributed by atoms with Crippen LogP contribution in [0.5, 0.6) is 0 Å². The van der Waals surface area contributed by atoms with Gasteiger partial charge in [-0.25, -0.2) is 4.79 Å². The number of nitrogens with two attached hydrogens (primary N) is 1. The maximum absolute atomic E-state index is 11.6. The Morgan fingerprint density at radius 2 is 2.21 bits per heavy atom. The molecule has 1 saturated heterocycles. The number of aliphatic hydroxyl groups is 3. The summed E-state index contributed by atoms with van der Waals surface area (Å²) in [5, 5.41) is 29.3. The van der Waals surface area contributed by atoms with Crippen molar-refractivity contribution in [3.05, 3.63) is 33.1 Å². The van der Waals surface area contributed by atoms with Crippen LogP contribution in [0.1, 0.15) is 6.23 Å². The molecule has 0 spiro atoms. The van der Waals surface area contributed by atoms with E-state index in [1.54, 1.807) is 0 Å². The van der Waals surface area contributed by atoms with Crippen LogP contribution >= 0.6 is 0 Å². The summed E-state index contributed by atoms with van der Waals surface area (Å²) in [5.74, 6) is 0. The first-order chi connectivity index (χ1) is 8.93. The SMILES string of the molecule is NC[C@@]1(O)[C@@H](CO)O[C@@H](n2ccc(=O)[nH]c2=O)[C@@H]1O. The number of hydrogen-bond acceptors (Lipinski definition) is 7. The minimum absolute atomic E-state index is 0.353. The molecular formula is C10H15N3O6. The molecule has 0 aliphatic carbocycles. The van der Waals surface area contributed by atoms with Crippen LogP contribution in [0, 0.1) is 0 Å². The van der Waals surface area contributed by atoms with Crippen LogP contribution < -0.4 is 17.0 Å². The van der Waals surface area contributed by atoms with Gasteiger partial charge in [0.15, 0.2) is 6.23 Å². The highest BCUT2D eigenvalue weighted by Crippen LogP contribution is 2.35. The largest absolute Gasteiger partial charge is 0.394 e. The van der Waals surface area contributed by atoms with Crippen LogP contribution in [-0.2, 0) is 4.74 Å². The van der Waals surface area contributed by atoms with Crippen molar-refractivity contribution >= 4 is 0 Å². The Morgan fingerprint density at radius 3 is 2.68 bits per heavy atom. The summed E-state index contributed by atoms with van der Waals surface area (Å²) in [7, 11) is 0. The highest BCUT2D eigenvalue weighted by Gasteiger charge is 2.55. The van der Waals surface area contributed by atoms with Crippen LogP contribution in [0.25, 0.3) is 0 Å². The molecular weight excluding hydrogens is 258 g/mol. The first kappa shape index (κ1) is 13.9. The van der Waals surface area contributed by atoms with E-state index < -0.39 is 41.9 Å². The van der Waals surface area contributed by atoms with Crippen LogP contribution in [0.3, 0.4) is 0 Å². The van der Waals surface area contributed by atoms with Gasteiger partial charge in [0.25, 0.3) is 5.56 Å². The zero-order valence-corrected chi connectivity index (χ0v) is 9.89. The highest BCUT2D eigenvalue weighted by atomic mass is 16.6. The van der Waals surface area contributed by atoms with Gasteiger partial charge < -0.3 is 25.8 Å². The van der Waals surface area contributed by atoms with Crippen molar-refractivity contribution in [2.75, 3.05) is 13.2 Å². The van der Waals surface area contributed by atoms with Crippen LogP contribution in [-0.4, -0.2) is 55.8 Å². The van der Waals surface area contributed by atoms with Crippen LogP contribution in [0.2, 0.25) is 0 Å². The van der Waals surface area contributed by atoms with Gasteiger partial charge in [-0.15, -0.1) is 0 Å². The van der Waals surface area contributed by atoms with Gasteiger partial charge in [0, 0.05) is 18.8 Å². The van der Waals surface area contributed by atoms with E-state index in [1.165, 1.54) is 0 Å². The average Bonchev–Trinajstić information content (AvgIpc) is 2.63. The summed E-state index contributed by atoms with van der Waals surface area (Å²) in [4.78, 5) is 24.6. The van der Waals surface area contributed by atoms with E-state index in [0.717, 1.165) is 16.8 Å². The number of aromatic nitrogens is 2. The zero-order valence-electron chi connectivity index (χ0n) is 9.89. The van der Waals surface area contributed by atoms with Crippen molar-refractivity contribution in [1.29, 1.82) is 0 Å². The summed E-state index contributed by atoms with van der Waals surface area (Å²) < 4.78 is 6.17. The van der Waals surface area contributed by atoms with Crippen molar-refractivity contribution in [3.8, 4) is 0 Å². The maximum atomic E-state index is 11.6. The van der Waals surface area contributed by atoms with Gasteiger partial charge in [0.1, 0.15) is 17.8 Å². The molecule has 1 aromatic rings. The Morgan fingerprint density at radius 1 is 1.53 bits per heavy atom. The molecule has 0 bridgehead atoms. The molecule has 0 amide bonds. The van der Waals surface area contributed by atoms with E-state index in [1.807, 2.05) is 4.98 Å². The lowest BCUT2D eigenvalue weighted by molar-refractivity contribution is -0.0862. The lowest BCUT2D eigenvalue weighted by atomic mass is 9.92. The highest BCUT2D eigenvalue weighted by molar-refractivity contribution is 5.03. The second-order valence-corrected chi connectivity index (χ2v) is 4.36. The molecule has 0 saturated carbocycles. The van der Waals surface area contributed by atoms with E-state index in [9.17, 15) is 19.8 Å². The number of H-pyrrole nitrogens is 1. The molecule has 1 aliphatic heterocycles. The van der Waals surface area contributed by atoms with Gasteiger partial charge in [0.2, 0.25) is 0 Å². The Hall–Kier alpha value is -1.52. The molecule has 106 valence electrons. The fourth-order valence-corrected chi connectivity index (χ4v) is 2.10. The van der Waals surface area contributed by atoms with E-state index in [-0.39, 0.29) is 6.54 Å². The van der Waals surface area contributed by atoms with Crippen molar-refractivity contribution in [2.24, 2.45) is 5.73 Å². The maximum Gasteiger partial charge on any atom is 0.330 e. The lowest BCUT2D eigenvalue weighted by Gasteiger charge is -2.28. The van der Waals surface area contributed by atoms with Crippen LogP contribution in [0.4, 0.5) is 0 Å². The van der Waals surface area contributed by atoms with E-state index in [0.29, 0.717) is 0 Å². The topological polar surface area (TPSA) is 151 Å². The van der Waals surface area contributed by atoms with E-state index >= 15 is 0 Å². The van der Waals surface area contributed by atoms with Crippen molar-refractivity contribution in [2.45, 2.75) is 24.0 Å². The molecule has 9 heteroatoms. The number of aliphatic hydroxyl groups excluding tert-OH is 2. The second-order valence-electron chi connectivity index (χ2n) is 4.36. The molecule has 1 aromatic heterocycles. The molecule has 0 unspecified atom stereocenters. The summed E-state index contributed by atoms with van der Waals surface area (Å²) >= 11 is 0. The molecule has 1 aliphatic rings. The molecule has 4 atom stereocenters. The van der Waals surface area contributed by atoms with Gasteiger partial charge in [-0.05, 0) is 0 Å². The third-order valence-electron chi connectivity index (χ3n) is 3.26. The Kier molecular flexibility index (Phi) is 3.56. The minimum Gasteiger partial charge on any atom is -0.394 e. The number of nitrogens with zero attached hydrogens (tertiary/aromatic N) is 1. The van der Waals surface area contributed by atoms with Crippen molar-refractivity contribution in [3.63, 3.8) is 0 Å². The number of aromatic amines is 1. The smallest absolute Gasteiger partial charge is 0.330 e. The van der Waals surface area contributed by atoms with E-state index in [2.05, 4.69) is 0 Å². The normalized spacial score (nSPS) is 34.6. The summed E-state index contributed by atoms with van der Waals surface area (Å²) in [6, 6.07) is 1.07. The molecule has 0 aromatic carbocycles. The van der Waals surface area contributed by atoms with Gasteiger partial charge in [0.05, 0.1) is 6.61 Å². The fraction of sp³-hybridized carbons (Fsp3) is 0.600. The predicted molar refractivity (Wildman–Crippen MR) is 62.3 cm³/mol. The first-order valence-electron chi connectivity index (χ1n) is 5.62. The molecule has 6 N–H and O–H groups in total. The number of ether oxygens (including phenoxy) is 1. The standard InChI is InChI=1S/C10H15N3O6/c11-4-10(18)5(3-14)19-8(7(10)16)13-2-1-6(15)12-9(13)17/h1-2,5,7-8,14,16,18H,3-4,11H2,(H,12,15,17)/t5-,7+,8-,10-/m1/s1. The van der Waals surface area contributed by atoms with Gasteiger partial charge in [-0.1, -0.05) is 0 Å². The average molecular weight is 273 g/mol. The van der Waals surface area contributed by atoms with Crippen molar-refractivity contribution in [1.82, 2.24) is 9.55 Å². The monoisotopic (exact) mass is 273 g/mol. The Bertz CT molecular complexity index is 569. The number of rotatable bonds is 3. The Balaban J connectivity index is 2.42. The lowest BCUT2D eigenvalue weighted by Crippen LogP contribution is -2.54. The van der Waals surface area contributed by atoms with E-state index in [4.69, 9.17) is 15.6 Å². The second kappa shape index (κ2) is 4.87. The van der Waals surface area contributed by atoms with Gasteiger partial charge >= 0.3 is 5.69 Å². The summed E-state index contributed by atoms with van der Waals surface area (Å²) in [6.45, 7) is -0.923. The van der Waals surface area contributed by atoms with Gasteiger partial charge in [-0.2, -0.15) is 0 Å².